The summed E-state index contributed by atoms with van der Waals surface area (Å²) >= 11 is 2.14. The lowest BCUT2D eigenvalue weighted by atomic mass is 10.4. The van der Waals surface area contributed by atoms with Crippen LogP contribution in [0.5, 0.6) is 0 Å². The van der Waals surface area contributed by atoms with E-state index in [9.17, 15) is 4.79 Å². The molecule has 0 aliphatic rings. The van der Waals surface area contributed by atoms with Crippen LogP contribution in [0.25, 0.3) is 0 Å². The summed E-state index contributed by atoms with van der Waals surface area (Å²) in [7, 11) is 0. The summed E-state index contributed by atoms with van der Waals surface area (Å²) in [6, 6.07) is 3.18. The van der Waals surface area contributed by atoms with E-state index in [1.54, 1.807) is 23.1 Å². The first-order valence-corrected chi connectivity index (χ1v) is 6.58. The Morgan fingerprint density at radius 1 is 1.37 bits per heavy atom. The zero-order chi connectivity index (χ0) is 13.7. The van der Waals surface area contributed by atoms with Crippen molar-refractivity contribution < 1.29 is 9.90 Å². The normalized spacial score (nSPS) is 10.2. The molecule has 0 aromatic carbocycles. The number of aliphatic hydroxyl groups excluding tert-OH is 1. The molecule has 0 unspecified atom stereocenters. The summed E-state index contributed by atoms with van der Waals surface area (Å²) < 4.78 is 2.53. The number of pyridine rings is 1. The molecule has 2 aromatic rings. The summed E-state index contributed by atoms with van der Waals surface area (Å²) in [5.41, 5.74) is 0.552. The number of carbonyl (C=O) groups excluding carboxylic acids is 1. The molecule has 0 saturated carbocycles. The number of hydrogen-bond acceptors (Lipinski definition) is 4. The molecule has 0 atom stereocenters. The van der Waals surface area contributed by atoms with Crippen LogP contribution in [-0.2, 0) is 6.54 Å². The number of aromatic nitrogens is 3. The number of urea groups is 1. The lowest BCUT2D eigenvalue weighted by Gasteiger charge is -2.04. The van der Waals surface area contributed by atoms with E-state index in [1.165, 1.54) is 6.20 Å². The Morgan fingerprint density at radius 2 is 2.21 bits per heavy atom. The average Bonchev–Trinajstić information content (AvgIpc) is 2.80. The van der Waals surface area contributed by atoms with Crippen molar-refractivity contribution in [2.45, 2.75) is 6.54 Å². The fourth-order valence-electron chi connectivity index (χ4n) is 1.38. The minimum absolute atomic E-state index is 0.000112. The van der Waals surface area contributed by atoms with E-state index in [2.05, 4.69) is 43.3 Å². The van der Waals surface area contributed by atoms with Crippen LogP contribution in [0.1, 0.15) is 0 Å². The van der Waals surface area contributed by atoms with Crippen molar-refractivity contribution in [1.29, 1.82) is 0 Å². The summed E-state index contributed by atoms with van der Waals surface area (Å²) in [4.78, 5) is 15.7. The molecule has 100 valence electrons. The number of rotatable bonds is 4. The Hall–Kier alpha value is -1.68. The van der Waals surface area contributed by atoms with E-state index in [1.807, 2.05) is 6.07 Å². The quantitative estimate of drug-likeness (QED) is 0.709. The Morgan fingerprint density at radius 3 is 2.89 bits per heavy atom. The minimum atomic E-state index is -0.391. The highest BCUT2D eigenvalue weighted by Gasteiger charge is 2.05. The molecular formula is C11H12IN5O2. The first kappa shape index (κ1) is 13.7. The van der Waals surface area contributed by atoms with Crippen molar-refractivity contribution in [2.75, 3.05) is 17.2 Å². The van der Waals surface area contributed by atoms with Gasteiger partial charge in [-0.15, -0.1) is 0 Å². The predicted octanol–water partition coefficient (Wildman–Crippen LogP) is 1.52. The molecule has 8 heteroatoms. The van der Waals surface area contributed by atoms with Crippen molar-refractivity contribution in [3.8, 4) is 0 Å². The van der Waals surface area contributed by atoms with Crippen LogP contribution in [0.15, 0.2) is 30.7 Å². The van der Waals surface area contributed by atoms with Gasteiger partial charge in [0, 0.05) is 16.0 Å². The van der Waals surface area contributed by atoms with Gasteiger partial charge in [0.25, 0.3) is 0 Å². The number of nitrogens with zero attached hydrogens (tertiary/aromatic N) is 3. The van der Waals surface area contributed by atoms with E-state index in [-0.39, 0.29) is 6.61 Å². The van der Waals surface area contributed by atoms with Crippen molar-refractivity contribution >= 4 is 40.1 Å². The van der Waals surface area contributed by atoms with Crippen molar-refractivity contribution in [2.24, 2.45) is 0 Å². The van der Waals surface area contributed by atoms with Crippen LogP contribution in [0.4, 0.5) is 16.3 Å². The SMILES string of the molecule is O=C(Nc1cnn(CCO)c1)Nc1ccc(I)cn1. The van der Waals surface area contributed by atoms with Crippen molar-refractivity contribution in [1.82, 2.24) is 14.8 Å². The third-order valence-corrected chi connectivity index (χ3v) is 2.83. The van der Waals surface area contributed by atoms with Crippen molar-refractivity contribution in [3.05, 3.63) is 34.3 Å². The van der Waals surface area contributed by atoms with E-state index >= 15 is 0 Å². The van der Waals surface area contributed by atoms with E-state index < -0.39 is 6.03 Å². The fourth-order valence-corrected chi connectivity index (χ4v) is 1.70. The number of carbonyl (C=O) groups is 1. The topological polar surface area (TPSA) is 92.1 Å². The first-order valence-electron chi connectivity index (χ1n) is 5.50. The zero-order valence-electron chi connectivity index (χ0n) is 9.88. The van der Waals surface area contributed by atoms with Crippen LogP contribution in [0, 0.1) is 3.57 Å². The largest absolute Gasteiger partial charge is 0.394 e. The molecule has 2 heterocycles. The first-order chi connectivity index (χ1) is 9.17. The van der Waals surface area contributed by atoms with Gasteiger partial charge in [-0.3, -0.25) is 10.00 Å². The molecular weight excluding hydrogens is 361 g/mol. The van der Waals surface area contributed by atoms with Gasteiger partial charge in [0.15, 0.2) is 0 Å². The summed E-state index contributed by atoms with van der Waals surface area (Å²) in [5, 5.41) is 18.0. The molecule has 0 bridgehead atoms. The standard InChI is InChI=1S/C11H12IN5O2/c12-8-1-2-10(13-5-8)16-11(19)15-9-6-14-17(7-9)3-4-18/h1-2,5-7,18H,3-4H2,(H2,13,15,16,19). The zero-order valence-corrected chi connectivity index (χ0v) is 12.0. The molecule has 0 saturated heterocycles. The van der Waals surface area contributed by atoms with E-state index in [0.717, 1.165) is 3.57 Å². The molecule has 2 amide bonds. The second-order valence-corrected chi connectivity index (χ2v) is 4.90. The number of anilines is 2. The van der Waals surface area contributed by atoms with Crippen LogP contribution < -0.4 is 10.6 Å². The van der Waals surface area contributed by atoms with Crippen LogP contribution >= 0.6 is 22.6 Å². The minimum Gasteiger partial charge on any atom is -0.394 e. The van der Waals surface area contributed by atoms with Gasteiger partial charge >= 0.3 is 6.03 Å². The van der Waals surface area contributed by atoms with Gasteiger partial charge in [0.05, 0.1) is 25.0 Å². The molecule has 0 aliphatic carbocycles. The maximum Gasteiger partial charge on any atom is 0.324 e. The highest BCUT2D eigenvalue weighted by Crippen LogP contribution is 2.09. The maximum atomic E-state index is 11.7. The molecule has 0 spiro atoms. The van der Waals surface area contributed by atoms with Crippen LogP contribution in [0.2, 0.25) is 0 Å². The predicted molar refractivity (Wildman–Crippen MR) is 78.9 cm³/mol. The summed E-state index contributed by atoms with van der Waals surface area (Å²) in [6.07, 6.45) is 4.81. The molecule has 2 aromatic heterocycles. The molecule has 2 rings (SSSR count). The number of nitrogens with one attached hydrogen (secondary N) is 2. The number of amides is 2. The second kappa shape index (κ2) is 6.48. The molecule has 0 radical (unpaired) electrons. The fraction of sp³-hybridized carbons (Fsp3) is 0.182. The summed E-state index contributed by atoms with van der Waals surface area (Å²) in [6.45, 7) is 0.391. The number of aliphatic hydroxyl groups is 1. The van der Waals surface area contributed by atoms with E-state index in [4.69, 9.17) is 5.11 Å². The summed E-state index contributed by atoms with van der Waals surface area (Å²) in [5.74, 6) is 0.473. The third-order valence-electron chi connectivity index (χ3n) is 2.19. The Labute approximate surface area is 123 Å². The third kappa shape index (κ3) is 4.17. The van der Waals surface area contributed by atoms with E-state index in [0.29, 0.717) is 18.1 Å². The molecule has 0 fully saturated rings. The van der Waals surface area contributed by atoms with Gasteiger partial charge in [-0.05, 0) is 34.7 Å². The van der Waals surface area contributed by atoms with Crippen LogP contribution in [0.3, 0.4) is 0 Å². The highest BCUT2D eigenvalue weighted by atomic mass is 127. The molecule has 0 aliphatic heterocycles. The Balaban J connectivity index is 1.91. The van der Waals surface area contributed by atoms with Gasteiger partial charge in [-0.25, -0.2) is 9.78 Å². The lowest BCUT2D eigenvalue weighted by Crippen LogP contribution is -2.19. The average molecular weight is 373 g/mol. The van der Waals surface area contributed by atoms with Crippen LogP contribution in [-0.4, -0.2) is 32.5 Å². The maximum absolute atomic E-state index is 11.7. The van der Waals surface area contributed by atoms with Gasteiger partial charge in [-0.1, -0.05) is 0 Å². The van der Waals surface area contributed by atoms with Gasteiger partial charge in [-0.2, -0.15) is 5.10 Å². The van der Waals surface area contributed by atoms with Crippen molar-refractivity contribution in [3.63, 3.8) is 0 Å². The Kier molecular flexibility index (Phi) is 4.68. The molecule has 3 N–H and O–H groups in total. The molecule has 7 nitrogen and oxygen atoms in total. The highest BCUT2D eigenvalue weighted by molar-refractivity contribution is 14.1. The van der Waals surface area contributed by atoms with Gasteiger partial charge in [0.1, 0.15) is 5.82 Å². The second-order valence-electron chi connectivity index (χ2n) is 3.66. The monoisotopic (exact) mass is 373 g/mol. The van der Waals surface area contributed by atoms with Gasteiger partial charge < -0.3 is 10.4 Å². The smallest absolute Gasteiger partial charge is 0.324 e. The Bertz CT molecular complexity index is 554. The number of hydrogen-bond donors (Lipinski definition) is 3. The molecule has 19 heavy (non-hydrogen) atoms. The lowest BCUT2D eigenvalue weighted by molar-refractivity contribution is 0.262. The number of halogens is 1. The van der Waals surface area contributed by atoms with Gasteiger partial charge in [0.2, 0.25) is 0 Å².